The van der Waals surface area contributed by atoms with Crippen LogP contribution in [0, 0.1) is 5.92 Å². The van der Waals surface area contributed by atoms with Crippen LogP contribution in [0.3, 0.4) is 0 Å². The summed E-state index contributed by atoms with van der Waals surface area (Å²) in [7, 11) is 2.09. The zero-order valence-corrected chi connectivity index (χ0v) is 10.6. The molecule has 0 aliphatic carbocycles. The van der Waals surface area contributed by atoms with Gasteiger partial charge in [0.2, 0.25) is 0 Å². The molecule has 1 rings (SSSR count). The number of hydrogen-bond donors (Lipinski definition) is 1. The predicted octanol–water partition coefficient (Wildman–Crippen LogP) is 0.715. The zero-order chi connectivity index (χ0) is 12.0. The second-order valence-electron chi connectivity index (χ2n) is 4.63. The molecule has 0 bridgehead atoms. The van der Waals surface area contributed by atoms with Crippen molar-refractivity contribution in [3.8, 4) is 0 Å². The Balaban J connectivity index is 2.49. The molecule has 0 spiro atoms. The van der Waals surface area contributed by atoms with E-state index in [2.05, 4.69) is 35.9 Å². The van der Waals surface area contributed by atoms with E-state index in [0.29, 0.717) is 5.92 Å². The van der Waals surface area contributed by atoms with Crippen LogP contribution in [-0.2, 0) is 13.1 Å². The summed E-state index contributed by atoms with van der Waals surface area (Å²) in [6, 6.07) is 0. The first-order valence-electron chi connectivity index (χ1n) is 5.88. The maximum atomic E-state index is 5.49. The van der Waals surface area contributed by atoms with Gasteiger partial charge in [0.1, 0.15) is 12.2 Å². The van der Waals surface area contributed by atoms with Crippen molar-refractivity contribution in [2.75, 3.05) is 20.1 Å². The normalized spacial score (nSPS) is 11.6. The minimum absolute atomic E-state index is 0.592. The van der Waals surface area contributed by atoms with E-state index in [-0.39, 0.29) is 0 Å². The Morgan fingerprint density at radius 2 is 2.25 bits per heavy atom. The largest absolute Gasteiger partial charge is 0.330 e. The van der Waals surface area contributed by atoms with Gasteiger partial charge in [-0.1, -0.05) is 13.8 Å². The van der Waals surface area contributed by atoms with Crippen LogP contribution in [0.25, 0.3) is 0 Å². The van der Waals surface area contributed by atoms with Gasteiger partial charge in [-0.3, -0.25) is 4.90 Å². The van der Waals surface area contributed by atoms with Crippen molar-refractivity contribution in [3.63, 3.8) is 0 Å². The summed E-state index contributed by atoms with van der Waals surface area (Å²) in [4.78, 5) is 6.53. The topological polar surface area (TPSA) is 60.0 Å². The second kappa shape index (κ2) is 6.60. The monoisotopic (exact) mass is 225 g/mol. The number of nitrogens with zero attached hydrogens (tertiary/aromatic N) is 4. The molecule has 0 atom stereocenters. The fourth-order valence-corrected chi connectivity index (χ4v) is 1.59. The molecule has 0 aliphatic heterocycles. The number of nitrogens with two attached hydrogens (primary N) is 1. The number of aromatic nitrogens is 3. The highest BCUT2D eigenvalue weighted by Gasteiger charge is 2.08. The molecule has 0 radical (unpaired) electrons. The van der Waals surface area contributed by atoms with E-state index in [9.17, 15) is 0 Å². The summed E-state index contributed by atoms with van der Waals surface area (Å²) in [5.74, 6) is 1.63. The number of hydrogen-bond acceptors (Lipinski definition) is 4. The average molecular weight is 225 g/mol. The van der Waals surface area contributed by atoms with Crippen molar-refractivity contribution in [3.05, 3.63) is 12.2 Å². The lowest BCUT2D eigenvalue weighted by Gasteiger charge is -2.16. The van der Waals surface area contributed by atoms with Crippen LogP contribution in [0.15, 0.2) is 6.33 Å². The third-order valence-electron chi connectivity index (χ3n) is 2.39. The predicted molar refractivity (Wildman–Crippen MR) is 64.9 cm³/mol. The highest BCUT2D eigenvalue weighted by molar-refractivity contribution is 4.84. The fraction of sp³-hybridized carbons (Fsp3) is 0.818. The lowest BCUT2D eigenvalue weighted by molar-refractivity contribution is 0.304. The summed E-state index contributed by atoms with van der Waals surface area (Å²) in [6.07, 6.45) is 2.66. The molecular weight excluding hydrogens is 202 g/mol. The van der Waals surface area contributed by atoms with Crippen LogP contribution in [0.2, 0.25) is 0 Å². The van der Waals surface area contributed by atoms with Crippen LogP contribution in [0.4, 0.5) is 0 Å². The third kappa shape index (κ3) is 4.28. The molecule has 0 saturated heterocycles. The molecule has 0 amide bonds. The van der Waals surface area contributed by atoms with Crippen LogP contribution in [-0.4, -0.2) is 39.8 Å². The Hall–Kier alpha value is -0.940. The molecule has 1 aromatic rings. The van der Waals surface area contributed by atoms with Gasteiger partial charge in [0.25, 0.3) is 0 Å². The Labute approximate surface area is 97.6 Å². The van der Waals surface area contributed by atoms with Crippen LogP contribution in [0.5, 0.6) is 0 Å². The van der Waals surface area contributed by atoms with Gasteiger partial charge in [-0.25, -0.2) is 9.67 Å². The smallest absolute Gasteiger partial charge is 0.141 e. The molecule has 0 aromatic carbocycles. The van der Waals surface area contributed by atoms with Crippen molar-refractivity contribution in [2.45, 2.75) is 33.4 Å². The van der Waals surface area contributed by atoms with E-state index >= 15 is 0 Å². The minimum atomic E-state index is 0.592. The summed E-state index contributed by atoms with van der Waals surface area (Å²) >= 11 is 0. The SMILES string of the molecule is CC(C)Cn1ncnc1CN(C)CCCN. The summed E-state index contributed by atoms with van der Waals surface area (Å²) in [6.45, 7) is 7.88. The Bertz CT molecular complexity index is 294. The lowest BCUT2D eigenvalue weighted by Crippen LogP contribution is -2.24. The Morgan fingerprint density at radius 3 is 2.88 bits per heavy atom. The van der Waals surface area contributed by atoms with Crippen molar-refractivity contribution in [1.82, 2.24) is 19.7 Å². The van der Waals surface area contributed by atoms with Gasteiger partial charge >= 0.3 is 0 Å². The first-order chi connectivity index (χ1) is 7.63. The fourth-order valence-electron chi connectivity index (χ4n) is 1.59. The van der Waals surface area contributed by atoms with Crippen molar-refractivity contribution in [2.24, 2.45) is 11.7 Å². The third-order valence-corrected chi connectivity index (χ3v) is 2.39. The van der Waals surface area contributed by atoms with Gasteiger partial charge in [0, 0.05) is 6.54 Å². The van der Waals surface area contributed by atoms with Crippen LogP contribution in [0.1, 0.15) is 26.1 Å². The maximum absolute atomic E-state index is 5.49. The first kappa shape index (κ1) is 13.1. The van der Waals surface area contributed by atoms with E-state index in [1.807, 2.05) is 4.68 Å². The zero-order valence-electron chi connectivity index (χ0n) is 10.6. The van der Waals surface area contributed by atoms with Gasteiger partial charge in [-0.15, -0.1) is 0 Å². The molecule has 2 N–H and O–H groups in total. The molecule has 0 aliphatic rings. The molecule has 5 nitrogen and oxygen atoms in total. The van der Waals surface area contributed by atoms with Crippen LogP contribution >= 0.6 is 0 Å². The summed E-state index contributed by atoms with van der Waals surface area (Å²) in [5, 5.41) is 4.24. The van der Waals surface area contributed by atoms with Gasteiger partial charge in [-0.2, -0.15) is 5.10 Å². The highest BCUT2D eigenvalue weighted by Crippen LogP contribution is 2.03. The van der Waals surface area contributed by atoms with Gasteiger partial charge in [-0.05, 0) is 32.5 Å². The average Bonchev–Trinajstić information content (AvgIpc) is 2.62. The van der Waals surface area contributed by atoms with Crippen molar-refractivity contribution < 1.29 is 0 Å². The molecule has 0 saturated carbocycles. The molecule has 0 unspecified atom stereocenters. The first-order valence-corrected chi connectivity index (χ1v) is 5.88. The van der Waals surface area contributed by atoms with E-state index in [0.717, 1.165) is 38.4 Å². The molecule has 1 heterocycles. The molecule has 0 fully saturated rings. The molecule has 92 valence electrons. The molecule has 1 aromatic heterocycles. The second-order valence-corrected chi connectivity index (χ2v) is 4.63. The minimum Gasteiger partial charge on any atom is -0.330 e. The van der Waals surface area contributed by atoms with E-state index in [4.69, 9.17) is 5.73 Å². The molecule has 16 heavy (non-hydrogen) atoms. The number of rotatable bonds is 7. The Kier molecular flexibility index (Phi) is 5.42. The van der Waals surface area contributed by atoms with Crippen LogP contribution < -0.4 is 5.73 Å². The summed E-state index contributed by atoms with van der Waals surface area (Å²) in [5.41, 5.74) is 5.49. The van der Waals surface area contributed by atoms with Crippen molar-refractivity contribution >= 4 is 0 Å². The van der Waals surface area contributed by atoms with E-state index in [1.54, 1.807) is 6.33 Å². The van der Waals surface area contributed by atoms with Gasteiger partial charge < -0.3 is 5.73 Å². The maximum Gasteiger partial charge on any atom is 0.141 e. The molecular formula is C11H23N5. The standard InChI is InChI=1S/C11H23N5/c1-10(2)7-16-11(13-9-14-16)8-15(3)6-4-5-12/h9-10H,4-8,12H2,1-3H3. The van der Waals surface area contributed by atoms with Crippen molar-refractivity contribution in [1.29, 1.82) is 0 Å². The van der Waals surface area contributed by atoms with E-state index < -0.39 is 0 Å². The summed E-state index contributed by atoms with van der Waals surface area (Å²) < 4.78 is 1.99. The Morgan fingerprint density at radius 1 is 1.50 bits per heavy atom. The van der Waals surface area contributed by atoms with E-state index in [1.165, 1.54) is 0 Å². The van der Waals surface area contributed by atoms with Gasteiger partial charge in [0.15, 0.2) is 0 Å². The quantitative estimate of drug-likeness (QED) is 0.742. The van der Waals surface area contributed by atoms with Gasteiger partial charge in [0.05, 0.1) is 6.54 Å². The molecule has 5 heteroatoms. The lowest BCUT2D eigenvalue weighted by atomic mass is 10.2. The highest BCUT2D eigenvalue weighted by atomic mass is 15.3.